The van der Waals surface area contributed by atoms with E-state index in [1.165, 1.54) is 0 Å². The molecule has 1 amide bonds. The molecule has 0 bridgehead atoms. The maximum Gasteiger partial charge on any atom is 0.287 e. The highest BCUT2D eigenvalue weighted by molar-refractivity contribution is 5.91. The number of furan rings is 1. The monoisotopic (exact) mass is 225 g/mol. The summed E-state index contributed by atoms with van der Waals surface area (Å²) in [5.74, 6) is 0.844. The number of aliphatic hydroxyl groups is 1. The van der Waals surface area contributed by atoms with Gasteiger partial charge in [-0.2, -0.15) is 0 Å². The molecule has 0 radical (unpaired) electrons. The molecule has 0 aromatic carbocycles. The molecule has 1 aromatic heterocycles. The largest absolute Gasteiger partial charge is 0.456 e. The lowest BCUT2D eigenvalue weighted by Gasteiger charge is -2.23. The summed E-state index contributed by atoms with van der Waals surface area (Å²) >= 11 is 0. The topological polar surface area (TPSA) is 62.5 Å². The Morgan fingerprint density at radius 1 is 1.50 bits per heavy atom. The number of hydrogen-bond acceptors (Lipinski definition) is 3. The predicted octanol–water partition coefficient (Wildman–Crippen LogP) is 1.73. The minimum absolute atomic E-state index is 0.105. The molecule has 1 aromatic rings. The first-order valence-corrected chi connectivity index (χ1v) is 5.40. The zero-order valence-corrected chi connectivity index (χ0v) is 10.0. The number of aliphatic hydroxyl groups excluding tert-OH is 1. The van der Waals surface area contributed by atoms with Gasteiger partial charge in [0.15, 0.2) is 5.76 Å². The quantitative estimate of drug-likeness (QED) is 0.802. The van der Waals surface area contributed by atoms with E-state index in [-0.39, 0.29) is 17.9 Å². The van der Waals surface area contributed by atoms with E-state index >= 15 is 0 Å². The predicted molar refractivity (Wildman–Crippen MR) is 61.3 cm³/mol. The lowest BCUT2D eigenvalue weighted by atomic mass is 9.90. The van der Waals surface area contributed by atoms with Gasteiger partial charge in [0.1, 0.15) is 5.76 Å². The lowest BCUT2D eigenvalue weighted by molar-refractivity contribution is 0.0899. The number of nitrogens with one attached hydrogen (secondary N) is 1. The van der Waals surface area contributed by atoms with Gasteiger partial charge < -0.3 is 14.8 Å². The fourth-order valence-electron chi connectivity index (χ4n) is 1.35. The molecule has 4 nitrogen and oxygen atoms in total. The zero-order valence-electron chi connectivity index (χ0n) is 10.0. The normalized spacial score (nSPS) is 11.5. The summed E-state index contributed by atoms with van der Waals surface area (Å²) in [4.78, 5) is 11.6. The molecule has 16 heavy (non-hydrogen) atoms. The maximum atomic E-state index is 11.6. The van der Waals surface area contributed by atoms with Crippen LogP contribution in [-0.2, 0) is 0 Å². The van der Waals surface area contributed by atoms with Gasteiger partial charge in [-0.25, -0.2) is 0 Å². The molecule has 0 aliphatic carbocycles. The van der Waals surface area contributed by atoms with Crippen LogP contribution >= 0.6 is 0 Å². The van der Waals surface area contributed by atoms with E-state index in [0.29, 0.717) is 18.7 Å². The first-order chi connectivity index (χ1) is 7.44. The van der Waals surface area contributed by atoms with Crippen LogP contribution in [0, 0.1) is 12.3 Å². The number of aryl methyl sites for hydroxylation is 1. The molecule has 0 aliphatic rings. The van der Waals surface area contributed by atoms with Gasteiger partial charge in [-0.3, -0.25) is 4.79 Å². The third kappa shape index (κ3) is 3.70. The SMILES string of the molecule is Cc1ccc(C(=O)NCC(C)(C)CCO)o1. The van der Waals surface area contributed by atoms with Crippen LogP contribution in [0.2, 0.25) is 0 Å². The van der Waals surface area contributed by atoms with Gasteiger partial charge in [0.25, 0.3) is 5.91 Å². The van der Waals surface area contributed by atoms with Crippen molar-refractivity contribution < 1.29 is 14.3 Å². The molecular formula is C12H19NO3. The molecule has 4 heteroatoms. The van der Waals surface area contributed by atoms with Crippen molar-refractivity contribution in [1.29, 1.82) is 0 Å². The van der Waals surface area contributed by atoms with Crippen LogP contribution in [-0.4, -0.2) is 24.2 Å². The fourth-order valence-corrected chi connectivity index (χ4v) is 1.35. The molecule has 2 N–H and O–H groups in total. The summed E-state index contributed by atoms with van der Waals surface area (Å²) in [6, 6.07) is 3.41. The summed E-state index contributed by atoms with van der Waals surface area (Å²) in [5.41, 5.74) is -0.105. The lowest BCUT2D eigenvalue weighted by Crippen LogP contribution is -2.34. The third-order valence-electron chi connectivity index (χ3n) is 2.48. The Morgan fingerprint density at radius 3 is 2.69 bits per heavy atom. The van der Waals surface area contributed by atoms with Crippen LogP contribution < -0.4 is 5.32 Å². The molecular weight excluding hydrogens is 206 g/mol. The van der Waals surface area contributed by atoms with Gasteiger partial charge in [0.05, 0.1) is 0 Å². The van der Waals surface area contributed by atoms with E-state index in [9.17, 15) is 4.79 Å². The molecule has 1 heterocycles. The second-order valence-corrected chi connectivity index (χ2v) is 4.73. The average molecular weight is 225 g/mol. The molecule has 0 spiro atoms. The van der Waals surface area contributed by atoms with Crippen LogP contribution in [0.15, 0.2) is 16.5 Å². The molecule has 0 fully saturated rings. The maximum absolute atomic E-state index is 11.6. The molecule has 0 aliphatic heterocycles. The van der Waals surface area contributed by atoms with Gasteiger partial charge in [-0.15, -0.1) is 0 Å². The van der Waals surface area contributed by atoms with Crippen molar-refractivity contribution in [3.63, 3.8) is 0 Å². The van der Waals surface area contributed by atoms with Crippen LogP contribution in [0.1, 0.15) is 36.6 Å². The van der Waals surface area contributed by atoms with Crippen LogP contribution in [0.3, 0.4) is 0 Å². The van der Waals surface area contributed by atoms with Crippen molar-refractivity contribution in [2.24, 2.45) is 5.41 Å². The van der Waals surface area contributed by atoms with Crippen LogP contribution in [0.4, 0.5) is 0 Å². The number of amides is 1. The Morgan fingerprint density at radius 2 is 2.19 bits per heavy atom. The summed E-state index contributed by atoms with van der Waals surface area (Å²) in [6.45, 7) is 6.44. The molecule has 0 atom stereocenters. The minimum atomic E-state index is -0.209. The van der Waals surface area contributed by atoms with Crippen molar-refractivity contribution >= 4 is 5.91 Å². The number of carbonyl (C=O) groups excluding carboxylic acids is 1. The first kappa shape index (κ1) is 12.8. The van der Waals surface area contributed by atoms with Gasteiger partial charge in [0.2, 0.25) is 0 Å². The summed E-state index contributed by atoms with van der Waals surface area (Å²) < 4.78 is 5.21. The summed E-state index contributed by atoms with van der Waals surface area (Å²) in [6.07, 6.45) is 0.657. The van der Waals surface area contributed by atoms with E-state index in [4.69, 9.17) is 9.52 Å². The summed E-state index contributed by atoms with van der Waals surface area (Å²) in [7, 11) is 0. The molecule has 0 saturated carbocycles. The van der Waals surface area contributed by atoms with E-state index in [0.717, 1.165) is 5.76 Å². The van der Waals surface area contributed by atoms with Crippen molar-refractivity contribution in [2.45, 2.75) is 27.2 Å². The Labute approximate surface area is 95.7 Å². The number of rotatable bonds is 5. The Hall–Kier alpha value is -1.29. The fraction of sp³-hybridized carbons (Fsp3) is 0.583. The second kappa shape index (κ2) is 5.16. The highest BCUT2D eigenvalue weighted by atomic mass is 16.3. The Kier molecular flexibility index (Phi) is 4.12. The van der Waals surface area contributed by atoms with Crippen molar-refractivity contribution in [2.75, 3.05) is 13.2 Å². The standard InChI is InChI=1S/C12H19NO3/c1-9-4-5-10(16-9)11(15)13-8-12(2,3)6-7-14/h4-5,14H,6-8H2,1-3H3,(H,13,15). The third-order valence-corrected chi connectivity index (χ3v) is 2.48. The number of hydrogen-bond donors (Lipinski definition) is 2. The van der Waals surface area contributed by atoms with Crippen LogP contribution in [0.5, 0.6) is 0 Å². The van der Waals surface area contributed by atoms with E-state index in [1.807, 2.05) is 13.8 Å². The highest BCUT2D eigenvalue weighted by Gasteiger charge is 2.19. The minimum Gasteiger partial charge on any atom is -0.456 e. The van der Waals surface area contributed by atoms with Crippen molar-refractivity contribution in [3.05, 3.63) is 23.7 Å². The van der Waals surface area contributed by atoms with E-state index in [1.54, 1.807) is 19.1 Å². The first-order valence-electron chi connectivity index (χ1n) is 5.40. The van der Waals surface area contributed by atoms with Crippen LogP contribution in [0.25, 0.3) is 0 Å². The summed E-state index contributed by atoms with van der Waals surface area (Å²) in [5, 5.41) is 11.6. The molecule has 0 unspecified atom stereocenters. The number of carbonyl (C=O) groups is 1. The Balaban J connectivity index is 2.47. The van der Waals surface area contributed by atoms with E-state index < -0.39 is 0 Å². The smallest absolute Gasteiger partial charge is 0.287 e. The second-order valence-electron chi connectivity index (χ2n) is 4.73. The highest BCUT2D eigenvalue weighted by Crippen LogP contribution is 2.18. The molecule has 90 valence electrons. The van der Waals surface area contributed by atoms with Crippen molar-refractivity contribution in [1.82, 2.24) is 5.32 Å². The van der Waals surface area contributed by atoms with Gasteiger partial charge in [0, 0.05) is 13.2 Å². The zero-order chi connectivity index (χ0) is 12.2. The van der Waals surface area contributed by atoms with Gasteiger partial charge >= 0.3 is 0 Å². The van der Waals surface area contributed by atoms with Gasteiger partial charge in [-0.05, 0) is 30.9 Å². The van der Waals surface area contributed by atoms with Crippen molar-refractivity contribution in [3.8, 4) is 0 Å². The Bertz CT molecular complexity index is 355. The molecule has 1 rings (SSSR count). The van der Waals surface area contributed by atoms with Gasteiger partial charge in [-0.1, -0.05) is 13.8 Å². The molecule has 0 saturated heterocycles. The average Bonchev–Trinajstić information content (AvgIpc) is 2.61. The van der Waals surface area contributed by atoms with E-state index in [2.05, 4.69) is 5.32 Å².